The average Bonchev–Trinajstić information content (AvgIpc) is 2.36. The van der Waals surface area contributed by atoms with Crippen LogP contribution in [0.15, 0.2) is 18.2 Å². The molecule has 2 N–H and O–H groups in total. The minimum atomic E-state index is 0.326. The molecule has 0 spiro atoms. The van der Waals surface area contributed by atoms with E-state index < -0.39 is 0 Å². The lowest BCUT2D eigenvalue weighted by molar-refractivity contribution is -0.918. The van der Waals surface area contributed by atoms with Crippen molar-refractivity contribution in [3.05, 3.63) is 23.8 Å². The fourth-order valence-electron chi connectivity index (χ4n) is 2.48. The minimum Gasteiger partial charge on any atom is -0.504 e. The number of hydrogen-bond acceptors (Lipinski definition) is 2. The maximum Gasteiger partial charge on any atom is 0.166 e. The topological polar surface area (TPSA) is 33.9 Å². The van der Waals surface area contributed by atoms with Crippen molar-refractivity contribution < 1.29 is 14.7 Å². The van der Waals surface area contributed by atoms with E-state index in [-0.39, 0.29) is 0 Å². The highest BCUT2D eigenvalue weighted by Gasteiger charge is 2.17. The van der Waals surface area contributed by atoms with E-state index in [2.05, 4.69) is 0 Å². The molecule has 3 heteroatoms. The first-order valence-corrected chi connectivity index (χ1v) is 6.58. The number of para-hydroxylation sites is 1. The van der Waals surface area contributed by atoms with Gasteiger partial charge in [0.25, 0.3) is 0 Å². The van der Waals surface area contributed by atoms with Crippen LogP contribution < -0.4 is 9.64 Å². The molecule has 1 heterocycles. The van der Waals surface area contributed by atoms with Crippen LogP contribution in [-0.2, 0) is 6.54 Å². The number of quaternary nitrogens is 1. The van der Waals surface area contributed by atoms with Crippen molar-refractivity contribution in [2.24, 2.45) is 0 Å². The Balaban J connectivity index is 2.06. The van der Waals surface area contributed by atoms with Gasteiger partial charge in [-0.1, -0.05) is 6.07 Å². The molecule has 1 aromatic carbocycles. The van der Waals surface area contributed by atoms with E-state index in [0.717, 1.165) is 12.1 Å². The van der Waals surface area contributed by atoms with Crippen LogP contribution >= 0.6 is 0 Å². The molecule has 2 rings (SSSR count). The molecule has 0 unspecified atom stereocenters. The number of likely N-dealkylation sites (tertiary alicyclic amines) is 1. The molecule has 0 saturated carbocycles. The minimum absolute atomic E-state index is 0.326. The summed E-state index contributed by atoms with van der Waals surface area (Å²) >= 11 is 0. The maximum atomic E-state index is 10.1. The van der Waals surface area contributed by atoms with Crippen molar-refractivity contribution >= 4 is 0 Å². The number of benzene rings is 1. The van der Waals surface area contributed by atoms with Gasteiger partial charge in [0.1, 0.15) is 6.54 Å². The van der Waals surface area contributed by atoms with Crippen LogP contribution in [0.4, 0.5) is 0 Å². The normalized spacial score (nSPS) is 17.0. The van der Waals surface area contributed by atoms with Gasteiger partial charge < -0.3 is 14.7 Å². The number of nitrogens with one attached hydrogen (secondary N) is 1. The number of ether oxygens (including phenoxy) is 1. The molecular weight excluding hydrogens is 214 g/mol. The summed E-state index contributed by atoms with van der Waals surface area (Å²) in [6.45, 7) is 5.87. The molecule has 0 aromatic heterocycles. The molecule has 1 aliphatic heterocycles. The summed E-state index contributed by atoms with van der Waals surface area (Å²) in [5.41, 5.74) is 1.01. The molecule has 1 saturated heterocycles. The van der Waals surface area contributed by atoms with Gasteiger partial charge in [-0.3, -0.25) is 0 Å². The van der Waals surface area contributed by atoms with Gasteiger partial charge in [-0.05, 0) is 38.3 Å². The van der Waals surface area contributed by atoms with Crippen molar-refractivity contribution in [3.8, 4) is 11.5 Å². The molecule has 94 valence electrons. The smallest absolute Gasteiger partial charge is 0.166 e. The molecule has 0 bridgehead atoms. The summed E-state index contributed by atoms with van der Waals surface area (Å²) < 4.78 is 5.41. The van der Waals surface area contributed by atoms with Crippen LogP contribution in [0.3, 0.4) is 0 Å². The van der Waals surface area contributed by atoms with Gasteiger partial charge in [-0.15, -0.1) is 0 Å². The number of piperidine rings is 1. The molecule has 3 nitrogen and oxygen atoms in total. The third-order valence-electron chi connectivity index (χ3n) is 3.38. The standard InChI is InChI=1S/C14H21NO2/c1-2-17-13-8-6-7-12(14(13)16)11-15-9-4-3-5-10-15/h6-8,16H,2-5,9-11H2,1H3/p+1. The summed E-state index contributed by atoms with van der Waals surface area (Å²) in [7, 11) is 0. The van der Waals surface area contributed by atoms with Crippen LogP contribution in [-0.4, -0.2) is 24.8 Å². The van der Waals surface area contributed by atoms with Gasteiger partial charge >= 0.3 is 0 Å². The van der Waals surface area contributed by atoms with Crippen molar-refractivity contribution in [1.29, 1.82) is 0 Å². The van der Waals surface area contributed by atoms with Gasteiger partial charge in [0.15, 0.2) is 11.5 Å². The van der Waals surface area contributed by atoms with E-state index in [1.807, 2.05) is 25.1 Å². The molecule has 0 radical (unpaired) electrons. The lowest BCUT2D eigenvalue weighted by Crippen LogP contribution is -3.11. The third-order valence-corrected chi connectivity index (χ3v) is 3.38. The van der Waals surface area contributed by atoms with E-state index >= 15 is 0 Å². The first-order chi connectivity index (χ1) is 8.31. The Labute approximate surface area is 103 Å². The third kappa shape index (κ3) is 3.13. The van der Waals surface area contributed by atoms with Crippen LogP contribution in [0.1, 0.15) is 31.7 Å². The molecule has 0 atom stereocenters. The molecular formula is C14H22NO2+. The predicted octanol–water partition coefficient (Wildman–Crippen LogP) is 1.36. The van der Waals surface area contributed by atoms with Crippen molar-refractivity contribution in [3.63, 3.8) is 0 Å². The van der Waals surface area contributed by atoms with E-state index in [4.69, 9.17) is 4.74 Å². The molecule has 1 fully saturated rings. The zero-order valence-corrected chi connectivity index (χ0v) is 10.5. The summed E-state index contributed by atoms with van der Waals surface area (Å²) in [5, 5.41) is 10.1. The Morgan fingerprint density at radius 3 is 2.71 bits per heavy atom. The maximum absolute atomic E-state index is 10.1. The van der Waals surface area contributed by atoms with Gasteiger partial charge in [0.2, 0.25) is 0 Å². The Bertz CT molecular complexity index is 359. The zero-order valence-electron chi connectivity index (χ0n) is 10.5. The SMILES string of the molecule is CCOc1cccc(C[NH+]2CCCCC2)c1O. The fraction of sp³-hybridized carbons (Fsp3) is 0.571. The predicted molar refractivity (Wildman–Crippen MR) is 67.5 cm³/mol. The van der Waals surface area contributed by atoms with Gasteiger partial charge in [0, 0.05) is 0 Å². The Kier molecular flexibility index (Phi) is 4.26. The second-order valence-corrected chi connectivity index (χ2v) is 4.68. The highest BCUT2D eigenvalue weighted by Crippen LogP contribution is 2.29. The Morgan fingerprint density at radius 2 is 2.00 bits per heavy atom. The van der Waals surface area contributed by atoms with E-state index in [9.17, 15) is 5.11 Å². The van der Waals surface area contributed by atoms with Crippen molar-refractivity contribution in [1.82, 2.24) is 0 Å². The Morgan fingerprint density at radius 1 is 1.24 bits per heavy atom. The fourth-order valence-corrected chi connectivity index (χ4v) is 2.48. The second-order valence-electron chi connectivity index (χ2n) is 4.68. The van der Waals surface area contributed by atoms with Crippen LogP contribution in [0.5, 0.6) is 11.5 Å². The molecule has 17 heavy (non-hydrogen) atoms. The van der Waals surface area contributed by atoms with Crippen LogP contribution in [0.25, 0.3) is 0 Å². The lowest BCUT2D eigenvalue weighted by atomic mass is 10.1. The molecule has 1 aromatic rings. The quantitative estimate of drug-likeness (QED) is 0.827. The molecule has 0 aliphatic carbocycles. The summed E-state index contributed by atoms with van der Waals surface area (Å²) in [6.07, 6.45) is 3.97. The van der Waals surface area contributed by atoms with Gasteiger partial charge in [-0.25, -0.2) is 0 Å². The van der Waals surface area contributed by atoms with E-state index in [1.54, 1.807) is 4.90 Å². The number of phenols is 1. The highest BCUT2D eigenvalue weighted by atomic mass is 16.5. The summed E-state index contributed by atoms with van der Waals surface area (Å²) in [4.78, 5) is 1.57. The summed E-state index contributed by atoms with van der Waals surface area (Å²) in [5.74, 6) is 0.939. The molecule has 1 aliphatic rings. The monoisotopic (exact) mass is 236 g/mol. The Hall–Kier alpha value is -1.22. The summed E-state index contributed by atoms with van der Waals surface area (Å²) in [6, 6.07) is 5.79. The number of phenolic OH excluding ortho intramolecular Hbond substituents is 1. The van der Waals surface area contributed by atoms with Gasteiger partial charge in [0.05, 0.1) is 25.3 Å². The zero-order chi connectivity index (χ0) is 12.1. The highest BCUT2D eigenvalue weighted by molar-refractivity contribution is 5.44. The average molecular weight is 236 g/mol. The van der Waals surface area contributed by atoms with E-state index in [0.29, 0.717) is 18.1 Å². The van der Waals surface area contributed by atoms with Crippen molar-refractivity contribution in [2.45, 2.75) is 32.7 Å². The second kappa shape index (κ2) is 5.92. The number of aromatic hydroxyl groups is 1. The van der Waals surface area contributed by atoms with Crippen LogP contribution in [0.2, 0.25) is 0 Å². The molecule has 0 amide bonds. The number of hydrogen-bond donors (Lipinski definition) is 2. The largest absolute Gasteiger partial charge is 0.504 e. The van der Waals surface area contributed by atoms with Crippen LogP contribution in [0, 0.1) is 0 Å². The first-order valence-electron chi connectivity index (χ1n) is 6.58. The lowest BCUT2D eigenvalue weighted by Gasteiger charge is -2.24. The van der Waals surface area contributed by atoms with Crippen molar-refractivity contribution in [2.75, 3.05) is 19.7 Å². The first kappa shape index (κ1) is 12.2. The van der Waals surface area contributed by atoms with E-state index in [1.165, 1.54) is 32.4 Å². The number of rotatable bonds is 4. The van der Waals surface area contributed by atoms with Gasteiger partial charge in [-0.2, -0.15) is 0 Å².